The van der Waals surface area contributed by atoms with Crippen LogP contribution in [-0.2, 0) is 23.9 Å². The molecule has 9 heteroatoms. The first-order valence-corrected chi connectivity index (χ1v) is 9.77. The van der Waals surface area contributed by atoms with E-state index in [1.165, 1.54) is 31.2 Å². The van der Waals surface area contributed by atoms with Crippen molar-refractivity contribution in [3.63, 3.8) is 0 Å². The molecule has 2 rings (SSSR count). The fourth-order valence-corrected chi connectivity index (χ4v) is 3.74. The Labute approximate surface area is 174 Å². The van der Waals surface area contributed by atoms with Crippen LogP contribution >= 0.6 is 0 Å². The van der Waals surface area contributed by atoms with E-state index in [2.05, 4.69) is 0 Å². The lowest BCUT2D eigenvalue weighted by atomic mass is 9.63. The Balaban J connectivity index is 2.60. The molecule has 0 bridgehead atoms. The minimum atomic E-state index is -1.93. The maximum Gasteiger partial charge on any atom is 0.317 e. The van der Waals surface area contributed by atoms with E-state index in [0.29, 0.717) is 5.56 Å². The summed E-state index contributed by atoms with van der Waals surface area (Å²) in [6.45, 7) is 7.82. The van der Waals surface area contributed by atoms with Crippen molar-refractivity contribution in [2.75, 3.05) is 0 Å². The van der Waals surface area contributed by atoms with Crippen LogP contribution in [0.5, 0.6) is 0 Å². The van der Waals surface area contributed by atoms with Crippen molar-refractivity contribution < 1.29 is 33.9 Å². The quantitative estimate of drug-likeness (QED) is 0.321. The van der Waals surface area contributed by atoms with Crippen LogP contribution in [0.4, 0.5) is 5.69 Å². The highest BCUT2D eigenvalue weighted by Gasteiger charge is 2.56. The molecule has 0 unspecified atom stereocenters. The molecule has 1 aromatic rings. The number of nitro benzene ring substituents is 1. The number of carbonyl (C=O) groups is 3. The van der Waals surface area contributed by atoms with Gasteiger partial charge in [-0.3, -0.25) is 24.5 Å². The number of Topliss-reactive ketones (excluding diaryl/α,β-unsaturated/α-hetero) is 1. The number of nitro groups is 1. The van der Waals surface area contributed by atoms with Gasteiger partial charge in [0.2, 0.25) is 0 Å². The number of aliphatic hydroxyl groups is 1. The Morgan fingerprint density at radius 2 is 1.60 bits per heavy atom. The zero-order valence-corrected chi connectivity index (χ0v) is 17.7. The number of non-ortho nitro benzene ring substituents is 1. The number of ketones is 1. The summed E-state index contributed by atoms with van der Waals surface area (Å²) in [5.41, 5.74) is -1.73. The van der Waals surface area contributed by atoms with Gasteiger partial charge in [0.15, 0.2) is 5.78 Å². The summed E-state index contributed by atoms with van der Waals surface area (Å²) in [7, 11) is 0. The monoisotopic (exact) mass is 421 g/mol. The maximum atomic E-state index is 13.0. The van der Waals surface area contributed by atoms with E-state index in [1.807, 2.05) is 0 Å². The highest BCUT2D eigenvalue weighted by Crippen LogP contribution is 2.45. The average Bonchev–Trinajstić information content (AvgIpc) is 2.62. The van der Waals surface area contributed by atoms with Gasteiger partial charge in [-0.25, -0.2) is 0 Å². The van der Waals surface area contributed by atoms with Gasteiger partial charge in [0, 0.05) is 18.1 Å². The molecule has 0 heterocycles. The van der Waals surface area contributed by atoms with E-state index in [4.69, 9.17) is 9.47 Å². The van der Waals surface area contributed by atoms with Crippen molar-refractivity contribution in [2.24, 2.45) is 11.8 Å². The van der Waals surface area contributed by atoms with E-state index in [-0.39, 0.29) is 12.1 Å². The Bertz CT molecular complexity index is 828. The molecule has 0 spiro atoms. The molecule has 1 aliphatic carbocycles. The van der Waals surface area contributed by atoms with Gasteiger partial charge in [-0.1, -0.05) is 12.1 Å². The second kappa shape index (κ2) is 8.91. The molecule has 0 saturated heterocycles. The van der Waals surface area contributed by atoms with Gasteiger partial charge < -0.3 is 14.6 Å². The first-order chi connectivity index (χ1) is 13.8. The molecule has 1 fully saturated rings. The van der Waals surface area contributed by atoms with Crippen molar-refractivity contribution in [3.8, 4) is 0 Å². The van der Waals surface area contributed by atoms with Gasteiger partial charge in [0.1, 0.15) is 11.5 Å². The predicted octanol–water partition coefficient (Wildman–Crippen LogP) is 2.54. The molecule has 1 N–H and O–H groups in total. The highest BCUT2D eigenvalue weighted by molar-refractivity contribution is 6.06. The summed E-state index contributed by atoms with van der Waals surface area (Å²) >= 11 is 0. The van der Waals surface area contributed by atoms with Gasteiger partial charge in [0.05, 0.1) is 23.0 Å². The average molecular weight is 421 g/mol. The zero-order valence-electron chi connectivity index (χ0n) is 17.7. The molecule has 0 aromatic heterocycles. The first kappa shape index (κ1) is 23.5. The van der Waals surface area contributed by atoms with Crippen LogP contribution in [0, 0.1) is 22.0 Å². The van der Waals surface area contributed by atoms with Gasteiger partial charge in [-0.05, 0) is 46.6 Å². The number of carbonyl (C=O) groups excluding carboxylic acids is 3. The third-order valence-electron chi connectivity index (χ3n) is 4.97. The summed E-state index contributed by atoms with van der Waals surface area (Å²) in [6.07, 6.45) is -1.21. The van der Waals surface area contributed by atoms with Gasteiger partial charge in [-0.2, -0.15) is 0 Å². The lowest BCUT2D eigenvalue weighted by Crippen LogP contribution is -2.55. The number of rotatable bonds is 6. The lowest BCUT2D eigenvalue weighted by Gasteiger charge is -2.42. The SMILES string of the molecule is CC(C)OC(=O)[C@H]1C(=O)[C@@](C)(O)C[C@@H](C(=O)OC(C)C)[C@@H]1c1ccc([N+](=O)[O-])cc1. The van der Waals surface area contributed by atoms with Gasteiger partial charge in [-0.15, -0.1) is 0 Å². The molecule has 0 amide bonds. The topological polar surface area (TPSA) is 133 Å². The van der Waals surface area contributed by atoms with Crippen LogP contribution in [-0.4, -0.2) is 45.6 Å². The van der Waals surface area contributed by atoms with Crippen molar-refractivity contribution in [3.05, 3.63) is 39.9 Å². The second-order valence-electron chi connectivity index (χ2n) is 8.27. The van der Waals surface area contributed by atoms with E-state index in [9.17, 15) is 29.6 Å². The largest absolute Gasteiger partial charge is 0.463 e. The third kappa shape index (κ3) is 5.02. The van der Waals surface area contributed by atoms with Gasteiger partial charge in [0.25, 0.3) is 5.69 Å². The molecule has 1 saturated carbocycles. The fourth-order valence-electron chi connectivity index (χ4n) is 3.74. The summed E-state index contributed by atoms with van der Waals surface area (Å²) in [6, 6.07) is 5.29. The molecule has 9 nitrogen and oxygen atoms in total. The first-order valence-electron chi connectivity index (χ1n) is 9.77. The molecule has 0 aliphatic heterocycles. The number of hydrogen-bond acceptors (Lipinski definition) is 8. The highest BCUT2D eigenvalue weighted by atomic mass is 16.6. The fraction of sp³-hybridized carbons (Fsp3) is 0.571. The summed E-state index contributed by atoms with van der Waals surface area (Å²) in [4.78, 5) is 49.1. The van der Waals surface area contributed by atoms with Crippen LogP contribution in [0.3, 0.4) is 0 Å². The maximum absolute atomic E-state index is 13.0. The minimum Gasteiger partial charge on any atom is -0.463 e. The Morgan fingerprint density at radius 3 is 2.07 bits per heavy atom. The molecular formula is C21H27NO8. The standard InChI is InChI=1S/C21H27NO8/c1-11(2)29-19(24)15-10-21(5,26)18(23)17(20(25)30-12(3)4)16(15)13-6-8-14(9-7-13)22(27)28/h6-9,11-12,15-17,26H,10H2,1-5H3/t15-,16+,17-,21+/m1/s1. The summed E-state index contributed by atoms with van der Waals surface area (Å²) < 4.78 is 10.6. The zero-order chi connectivity index (χ0) is 22.8. The Kier molecular flexibility index (Phi) is 6.97. The van der Waals surface area contributed by atoms with Crippen LogP contribution < -0.4 is 0 Å². The number of ether oxygens (including phenoxy) is 2. The van der Waals surface area contributed by atoms with Crippen molar-refractivity contribution >= 4 is 23.4 Å². The summed E-state index contributed by atoms with van der Waals surface area (Å²) in [5, 5.41) is 21.7. The van der Waals surface area contributed by atoms with Crippen molar-refractivity contribution in [1.29, 1.82) is 0 Å². The van der Waals surface area contributed by atoms with Crippen molar-refractivity contribution in [2.45, 2.75) is 64.8 Å². The van der Waals surface area contributed by atoms with E-state index in [1.54, 1.807) is 27.7 Å². The molecule has 1 aromatic carbocycles. The smallest absolute Gasteiger partial charge is 0.317 e. The van der Waals surface area contributed by atoms with Crippen LogP contribution in [0.25, 0.3) is 0 Å². The Morgan fingerprint density at radius 1 is 1.10 bits per heavy atom. The van der Waals surface area contributed by atoms with Crippen LogP contribution in [0.15, 0.2) is 24.3 Å². The number of hydrogen-bond donors (Lipinski definition) is 1. The number of esters is 2. The minimum absolute atomic E-state index is 0.171. The van der Waals surface area contributed by atoms with E-state index in [0.717, 1.165) is 0 Å². The Hall–Kier alpha value is -2.81. The second-order valence-corrected chi connectivity index (χ2v) is 8.27. The molecule has 0 radical (unpaired) electrons. The molecule has 30 heavy (non-hydrogen) atoms. The molecule has 164 valence electrons. The van der Waals surface area contributed by atoms with E-state index >= 15 is 0 Å². The van der Waals surface area contributed by atoms with Crippen LogP contribution in [0.1, 0.15) is 52.5 Å². The van der Waals surface area contributed by atoms with Crippen molar-refractivity contribution in [1.82, 2.24) is 0 Å². The molecule has 4 atom stereocenters. The lowest BCUT2D eigenvalue weighted by molar-refractivity contribution is -0.384. The van der Waals surface area contributed by atoms with E-state index < -0.39 is 58.2 Å². The number of benzene rings is 1. The molecular weight excluding hydrogens is 394 g/mol. The normalized spacial score (nSPS) is 26.5. The van der Waals surface area contributed by atoms with Crippen LogP contribution in [0.2, 0.25) is 0 Å². The van der Waals surface area contributed by atoms with Gasteiger partial charge >= 0.3 is 11.9 Å². The number of nitrogens with zero attached hydrogens (tertiary/aromatic N) is 1. The summed E-state index contributed by atoms with van der Waals surface area (Å²) in [5.74, 6) is -5.75. The predicted molar refractivity (Wildman–Crippen MR) is 106 cm³/mol. The third-order valence-corrected chi connectivity index (χ3v) is 4.97. The molecule has 1 aliphatic rings.